The molecule has 0 amide bonds. The van der Waals surface area contributed by atoms with Gasteiger partial charge in [0.25, 0.3) is 0 Å². The number of rotatable bonds is 3. The zero-order chi connectivity index (χ0) is 13.2. The molecule has 0 bridgehead atoms. The summed E-state index contributed by atoms with van der Waals surface area (Å²) in [5.74, 6) is 0.992. The third-order valence-electron chi connectivity index (χ3n) is 4.53. The summed E-state index contributed by atoms with van der Waals surface area (Å²) in [4.78, 5) is 0. The fourth-order valence-corrected chi connectivity index (χ4v) is 3.29. The minimum atomic E-state index is -0.610. The number of benzene rings is 1. The minimum absolute atomic E-state index is 0.366. The Labute approximate surface area is 111 Å². The van der Waals surface area contributed by atoms with E-state index in [-0.39, 0.29) is 0 Å². The SMILES string of the molecule is CCCc1cccc(C2(O)CC(C)CCC2C)c1. The van der Waals surface area contributed by atoms with Gasteiger partial charge in [0.2, 0.25) is 0 Å². The molecule has 0 heterocycles. The molecule has 18 heavy (non-hydrogen) atoms. The Bertz CT molecular complexity index is 398. The summed E-state index contributed by atoms with van der Waals surface area (Å²) in [6.45, 7) is 6.65. The monoisotopic (exact) mass is 246 g/mol. The summed E-state index contributed by atoms with van der Waals surface area (Å²) in [7, 11) is 0. The largest absolute Gasteiger partial charge is 0.385 e. The van der Waals surface area contributed by atoms with Gasteiger partial charge >= 0.3 is 0 Å². The van der Waals surface area contributed by atoms with Crippen LogP contribution in [-0.2, 0) is 12.0 Å². The van der Waals surface area contributed by atoms with Crippen LogP contribution in [0.25, 0.3) is 0 Å². The highest BCUT2D eigenvalue weighted by atomic mass is 16.3. The third-order valence-corrected chi connectivity index (χ3v) is 4.53. The highest BCUT2D eigenvalue weighted by molar-refractivity contribution is 5.29. The van der Waals surface area contributed by atoms with Gasteiger partial charge in [0.15, 0.2) is 0 Å². The highest BCUT2D eigenvalue weighted by Gasteiger charge is 2.40. The first-order chi connectivity index (χ1) is 8.56. The van der Waals surface area contributed by atoms with Gasteiger partial charge in [-0.25, -0.2) is 0 Å². The van der Waals surface area contributed by atoms with Gasteiger partial charge in [-0.15, -0.1) is 0 Å². The molecule has 3 unspecified atom stereocenters. The molecule has 1 heteroatoms. The molecule has 1 saturated carbocycles. The first-order valence-corrected chi connectivity index (χ1v) is 7.38. The first kappa shape index (κ1) is 13.6. The molecule has 100 valence electrons. The maximum absolute atomic E-state index is 11.1. The van der Waals surface area contributed by atoms with Crippen molar-refractivity contribution in [3.8, 4) is 0 Å². The van der Waals surface area contributed by atoms with Gasteiger partial charge in [-0.1, -0.05) is 57.9 Å². The molecule has 1 N–H and O–H groups in total. The predicted molar refractivity (Wildman–Crippen MR) is 76.5 cm³/mol. The molecular weight excluding hydrogens is 220 g/mol. The molecular formula is C17H26O. The van der Waals surface area contributed by atoms with E-state index in [4.69, 9.17) is 0 Å². The number of hydrogen-bond donors (Lipinski definition) is 1. The predicted octanol–water partition coefficient (Wildman–Crippen LogP) is 4.28. The number of aryl methyl sites for hydroxylation is 1. The zero-order valence-corrected chi connectivity index (χ0v) is 11.9. The van der Waals surface area contributed by atoms with Crippen molar-refractivity contribution in [2.24, 2.45) is 11.8 Å². The smallest absolute Gasteiger partial charge is 0.0924 e. The maximum Gasteiger partial charge on any atom is 0.0924 e. The first-order valence-electron chi connectivity index (χ1n) is 7.38. The average Bonchev–Trinajstić information content (AvgIpc) is 2.35. The fraction of sp³-hybridized carbons (Fsp3) is 0.647. The Morgan fingerprint density at radius 3 is 2.78 bits per heavy atom. The van der Waals surface area contributed by atoms with Crippen molar-refractivity contribution in [2.45, 2.75) is 58.5 Å². The van der Waals surface area contributed by atoms with E-state index in [9.17, 15) is 5.11 Å². The molecule has 0 radical (unpaired) electrons. The van der Waals surface area contributed by atoms with Gasteiger partial charge in [-0.3, -0.25) is 0 Å². The van der Waals surface area contributed by atoms with E-state index in [0.717, 1.165) is 31.2 Å². The van der Waals surface area contributed by atoms with Crippen LogP contribution < -0.4 is 0 Å². The van der Waals surface area contributed by atoms with Gasteiger partial charge in [0.1, 0.15) is 0 Å². The van der Waals surface area contributed by atoms with Crippen LogP contribution in [0.1, 0.15) is 57.6 Å². The zero-order valence-electron chi connectivity index (χ0n) is 11.9. The second-order valence-electron chi connectivity index (χ2n) is 6.16. The Balaban J connectivity index is 2.30. The summed E-state index contributed by atoms with van der Waals surface area (Å²) in [5, 5.41) is 11.1. The van der Waals surface area contributed by atoms with E-state index >= 15 is 0 Å². The van der Waals surface area contributed by atoms with Gasteiger partial charge in [0, 0.05) is 0 Å². The highest BCUT2D eigenvalue weighted by Crippen LogP contribution is 2.43. The molecule has 0 saturated heterocycles. The molecule has 1 aromatic carbocycles. The van der Waals surface area contributed by atoms with E-state index in [0.29, 0.717) is 11.8 Å². The lowest BCUT2D eigenvalue weighted by molar-refractivity contribution is -0.0627. The van der Waals surface area contributed by atoms with Crippen LogP contribution in [0.4, 0.5) is 0 Å². The van der Waals surface area contributed by atoms with E-state index in [2.05, 4.69) is 45.0 Å². The van der Waals surface area contributed by atoms with Crippen molar-refractivity contribution < 1.29 is 5.11 Å². The van der Waals surface area contributed by atoms with Crippen molar-refractivity contribution in [3.05, 3.63) is 35.4 Å². The normalized spacial score (nSPS) is 32.4. The third kappa shape index (κ3) is 2.61. The molecule has 1 aromatic rings. The molecule has 0 aliphatic heterocycles. The van der Waals surface area contributed by atoms with Gasteiger partial charge < -0.3 is 5.11 Å². The maximum atomic E-state index is 11.1. The topological polar surface area (TPSA) is 20.2 Å². The van der Waals surface area contributed by atoms with Crippen molar-refractivity contribution in [2.75, 3.05) is 0 Å². The summed E-state index contributed by atoms with van der Waals surface area (Å²) in [6, 6.07) is 8.60. The molecule has 1 fully saturated rings. The standard InChI is InChI=1S/C17H26O/c1-4-6-15-7-5-8-16(11-15)17(18)12-13(2)9-10-14(17)3/h5,7-8,11,13-14,18H,4,6,9-10,12H2,1-3H3. The molecule has 0 spiro atoms. The van der Waals surface area contributed by atoms with E-state index in [1.54, 1.807) is 0 Å². The van der Waals surface area contributed by atoms with Crippen molar-refractivity contribution >= 4 is 0 Å². The van der Waals surface area contributed by atoms with Gasteiger partial charge in [0.05, 0.1) is 5.60 Å². The summed E-state index contributed by atoms with van der Waals surface area (Å²) in [6.07, 6.45) is 5.55. The van der Waals surface area contributed by atoms with Crippen molar-refractivity contribution in [3.63, 3.8) is 0 Å². The quantitative estimate of drug-likeness (QED) is 0.844. The molecule has 1 aliphatic carbocycles. The summed E-state index contributed by atoms with van der Waals surface area (Å²) >= 11 is 0. The van der Waals surface area contributed by atoms with Crippen molar-refractivity contribution in [1.82, 2.24) is 0 Å². The van der Waals surface area contributed by atoms with E-state index in [1.807, 2.05) is 0 Å². The van der Waals surface area contributed by atoms with Crippen LogP contribution in [0, 0.1) is 11.8 Å². The Morgan fingerprint density at radius 2 is 2.06 bits per heavy atom. The van der Waals surface area contributed by atoms with E-state index in [1.165, 1.54) is 12.0 Å². The van der Waals surface area contributed by atoms with Crippen LogP contribution >= 0.6 is 0 Å². The molecule has 3 atom stereocenters. The van der Waals surface area contributed by atoms with E-state index < -0.39 is 5.60 Å². The minimum Gasteiger partial charge on any atom is -0.385 e. The van der Waals surface area contributed by atoms with Gasteiger partial charge in [-0.05, 0) is 42.2 Å². The summed E-state index contributed by atoms with van der Waals surface area (Å²) < 4.78 is 0. The van der Waals surface area contributed by atoms with Crippen LogP contribution in [0.15, 0.2) is 24.3 Å². The van der Waals surface area contributed by atoms with Crippen molar-refractivity contribution in [1.29, 1.82) is 0 Å². The molecule has 0 aromatic heterocycles. The van der Waals surface area contributed by atoms with Crippen LogP contribution in [0.5, 0.6) is 0 Å². The lowest BCUT2D eigenvalue weighted by Crippen LogP contribution is -2.39. The van der Waals surface area contributed by atoms with Crippen LogP contribution in [0.3, 0.4) is 0 Å². The Kier molecular flexibility index (Phi) is 4.11. The Hall–Kier alpha value is -0.820. The van der Waals surface area contributed by atoms with Crippen LogP contribution in [-0.4, -0.2) is 5.11 Å². The number of hydrogen-bond acceptors (Lipinski definition) is 1. The number of aliphatic hydroxyl groups is 1. The van der Waals surface area contributed by atoms with Gasteiger partial charge in [-0.2, -0.15) is 0 Å². The summed E-state index contributed by atoms with van der Waals surface area (Å²) in [5.41, 5.74) is 1.88. The fourth-order valence-electron chi connectivity index (χ4n) is 3.29. The second-order valence-corrected chi connectivity index (χ2v) is 6.16. The second kappa shape index (κ2) is 5.44. The molecule has 1 aliphatic rings. The lowest BCUT2D eigenvalue weighted by Gasteiger charge is -2.41. The lowest BCUT2D eigenvalue weighted by atomic mass is 9.68. The Morgan fingerprint density at radius 1 is 1.28 bits per heavy atom. The average molecular weight is 246 g/mol. The molecule has 1 nitrogen and oxygen atoms in total. The molecule has 2 rings (SSSR count). The van der Waals surface area contributed by atoms with Crippen LogP contribution in [0.2, 0.25) is 0 Å².